The largest absolute Gasteiger partial charge is 0.468 e. The Labute approximate surface area is 146 Å². The number of hydrogen-bond donors (Lipinski definition) is 2. The van der Waals surface area contributed by atoms with Crippen LogP contribution in [0.3, 0.4) is 0 Å². The number of thioether (sulfide) groups is 1. The second-order valence-electron chi connectivity index (χ2n) is 6.90. The van der Waals surface area contributed by atoms with Crippen LogP contribution in [0.4, 0.5) is 4.79 Å². The van der Waals surface area contributed by atoms with Crippen LogP contribution in [-0.4, -0.2) is 66.2 Å². The van der Waals surface area contributed by atoms with Gasteiger partial charge in [0, 0.05) is 5.75 Å². The van der Waals surface area contributed by atoms with Gasteiger partial charge >= 0.3 is 12.0 Å². The Morgan fingerprint density at radius 1 is 1.33 bits per heavy atom. The molecule has 0 aromatic heterocycles. The first-order chi connectivity index (χ1) is 11.6. The van der Waals surface area contributed by atoms with Crippen molar-refractivity contribution in [2.24, 2.45) is 0 Å². The minimum absolute atomic E-state index is 0.0743. The van der Waals surface area contributed by atoms with Crippen LogP contribution in [0.15, 0.2) is 0 Å². The Kier molecular flexibility index (Phi) is 5.34. The molecule has 3 fully saturated rings. The van der Waals surface area contributed by atoms with Gasteiger partial charge in [-0.25, -0.2) is 9.69 Å². The standard InChI is InChI=1S/C16H25N3O4S/c1-23-13(20)12-10-18(8-9-24-12)11-19-14(21)16(17-15(19)22)6-4-2-3-5-7-16/h12H,2-11H2,1H3,(H,17,22)/p+1/t12-/m0/s1. The molecule has 134 valence electrons. The predicted molar refractivity (Wildman–Crippen MR) is 89.6 cm³/mol. The quantitative estimate of drug-likeness (QED) is 0.539. The van der Waals surface area contributed by atoms with Gasteiger partial charge in [0.1, 0.15) is 12.1 Å². The molecule has 2 aliphatic heterocycles. The Morgan fingerprint density at radius 2 is 2.04 bits per heavy atom. The van der Waals surface area contributed by atoms with Crippen molar-refractivity contribution < 1.29 is 24.0 Å². The van der Waals surface area contributed by atoms with E-state index in [1.165, 1.54) is 12.0 Å². The molecule has 2 atom stereocenters. The summed E-state index contributed by atoms with van der Waals surface area (Å²) in [4.78, 5) is 39.5. The van der Waals surface area contributed by atoms with Crippen LogP contribution in [0.5, 0.6) is 0 Å². The number of carbonyl (C=O) groups excluding carboxylic acids is 3. The van der Waals surface area contributed by atoms with E-state index in [1.807, 2.05) is 0 Å². The van der Waals surface area contributed by atoms with E-state index < -0.39 is 5.54 Å². The molecule has 24 heavy (non-hydrogen) atoms. The molecule has 0 aromatic rings. The molecule has 1 aliphatic carbocycles. The lowest BCUT2D eigenvalue weighted by Gasteiger charge is -2.30. The molecule has 1 unspecified atom stereocenters. The first-order valence-electron chi connectivity index (χ1n) is 8.73. The van der Waals surface area contributed by atoms with Gasteiger partial charge in [-0.3, -0.25) is 9.59 Å². The van der Waals surface area contributed by atoms with Crippen molar-refractivity contribution in [3.63, 3.8) is 0 Å². The molecular formula is C16H26N3O4S+. The number of rotatable bonds is 3. The third-order valence-corrected chi connectivity index (χ3v) is 6.50. The van der Waals surface area contributed by atoms with Gasteiger partial charge < -0.3 is 15.0 Å². The van der Waals surface area contributed by atoms with Gasteiger partial charge in [-0.2, -0.15) is 0 Å². The molecule has 2 saturated heterocycles. The predicted octanol–water partition coefficient (Wildman–Crippen LogP) is -0.238. The van der Waals surface area contributed by atoms with E-state index in [1.54, 1.807) is 11.8 Å². The van der Waals surface area contributed by atoms with Crippen molar-refractivity contribution >= 4 is 29.7 Å². The highest BCUT2D eigenvalue weighted by atomic mass is 32.2. The maximum Gasteiger partial charge on any atom is 0.329 e. The average Bonchev–Trinajstić information content (AvgIpc) is 2.77. The van der Waals surface area contributed by atoms with Gasteiger partial charge in [0.2, 0.25) is 0 Å². The van der Waals surface area contributed by atoms with Gasteiger partial charge in [0.25, 0.3) is 5.91 Å². The summed E-state index contributed by atoms with van der Waals surface area (Å²) in [5.41, 5.74) is -0.681. The summed E-state index contributed by atoms with van der Waals surface area (Å²) >= 11 is 1.58. The number of amides is 3. The summed E-state index contributed by atoms with van der Waals surface area (Å²) in [6.07, 6.45) is 5.70. The monoisotopic (exact) mass is 356 g/mol. The number of esters is 1. The number of imide groups is 1. The van der Waals surface area contributed by atoms with Gasteiger partial charge in [0.05, 0.1) is 13.7 Å². The molecule has 8 heteroatoms. The molecule has 2 N–H and O–H groups in total. The van der Waals surface area contributed by atoms with Crippen LogP contribution in [0.25, 0.3) is 0 Å². The number of methoxy groups -OCH3 is 1. The van der Waals surface area contributed by atoms with Crippen molar-refractivity contribution in [3.8, 4) is 0 Å². The summed E-state index contributed by atoms with van der Waals surface area (Å²) in [6.45, 7) is 1.75. The maximum atomic E-state index is 12.9. The molecule has 1 saturated carbocycles. The van der Waals surface area contributed by atoms with Crippen LogP contribution in [0.1, 0.15) is 38.5 Å². The summed E-state index contributed by atoms with van der Waals surface area (Å²) in [5.74, 6) is 0.522. The zero-order chi connectivity index (χ0) is 17.2. The van der Waals surface area contributed by atoms with Gasteiger partial charge in [-0.05, 0) is 12.8 Å². The topological polar surface area (TPSA) is 80.2 Å². The second-order valence-corrected chi connectivity index (χ2v) is 8.22. The smallest absolute Gasteiger partial charge is 0.329 e. The highest BCUT2D eigenvalue weighted by Gasteiger charge is 2.52. The van der Waals surface area contributed by atoms with E-state index in [4.69, 9.17) is 4.74 Å². The van der Waals surface area contributed by atoms with Crippen LogP contribution < -0.4 is 10.2 Å². The summed E-state index contributed by atoms with van der Waals surface area (Å²) in [7, 11) is 1.39. The summed E-state index contributed by atoms with van der Waals surface area (Å²) in [5, 5.41) is 2.75. The second kappa shape index (κ2) is 7.31. The van der Waals surface area contributed by atoms with Gasteiger partial charge in [-0.1, -0.05) is 25.7 Å². The minimum atomic E-state index is -0.681. The molecule has 1 spiro atoms. The number of ether oxygens (including phenoxy) is 1. The van der Waals surface area contributed by atoms with E-state index in [2.05, 4.69) is 5.32 Å². The SMILES string of the molecule is COC(=O)[C@@H]1C[NH+](CN2C(=O)NC3(CCCCCC3)C2=O)CCS1. The highest BCUT2D eigenvalue weighted by Crippen LogP contribution is 2.32. The molecule has 0 radical (unpaired) electrons. The fraction of sp³-hybridized carbons (Fsp3) is 0.812. The fourth-order valence-corrected chi connectivity index (χ4v) is 5.19. The Morgan fingerprint density at radius 3 is 2.71 bits per heavy atom. The maximum absolute atomic E-state index is 12.9. The number of carbonyl (C=O) groups is 3. The Balaban J connectivity index is 1.65. The number of quaternary nitrogens is 1. The van der Waals surface area contributed by atoms with E-state index in [0.29, 0.717) is 13.2 Å². The Bertz CT molecular complexity index is 519. The zero-order valence-electron chi connectivity index (χ0n) is 14.1. The highest BCUT2D eigenvalue weighted by molar-refractivity contribution is 8.00. The van der Waals surface area contributed by atoms with Crippen molar-refractivity contribution in [2.75, 3.05) is 32.6 Å². The Hall–Kier alpha value is -1.28. The molecule has 7 nitrogen and oxygen atoms in total. The first-order valence-corrected chi connectivity index (χ1v) is 9.78. The van der Waals surface area contributed by atoms with E-state index in [9.17, 15) is 14.4 Å². The third-order valence-electron chi connectivity index (χ3n) is 5.30. The van der Waals surface area contributed by atoms with Gasteiger partial charge in [-0.15, -0.1) is 11.8 Å². The minimum Gasteiger partial charge on any atom is -0.468 e. The lowest BCUT2D eigenvalue weighted by Crippen LogP contribution is -3.16. The van der Waals surface area contributed by atoms with E-state index >= 15 is 0 Å². The normalized spacial score (nSPS) is 30.1. The van der Waals surface area contributed by atoms with E-state index in [0.717, 1.165) is 55.7 Å². The number of nitrogens with one attached hydrogen (secondary N) is 2. The van der Waals surface area contributed by atoms with Crippen LogP contribution in [0, 0.1) is 0 Å². The van der Waals surface area contributed by atoms with Crippen LogP contribution >= 0.6 is 11.8 Å². The number of hydrogen-bond acceptors (Lipinski definition) is 5. The molecule has 0 bridgehead atoms. The summed E-state index contributed by atoms with van der Waals surface area (Å²) in [6, 6.07) is -0.276. The van der Waals surface area contributed by atoms with Crippen molar-refractivity contribution in [1.82, 2.24) is 10.2 Å². The van der Waals surface area contributed by atoms with Crippen molar-refractivity contribution in [1.29, 1.82) is 0 Å². The van der Waals surface area contributed by atoms with Crippen LogP contribution in [-0.2, 0) is 14.3 Å². The lowest BCUT2D eigenvalue weighted by atomic mass is 9.90. The number of nitrogens with zero attached hydrogens (tertiary/aromatic N) is 1. The van der Waals surface area contributed by atoms with Crippen LogP contribution in [0.2, 0.25) is 0 Å². The molecular weight excluding hydrogens is 330 g/mol. The molecule has 3 aliphatic rings. The van der Waals surface area contributed by atoms with Gasteiger partial charge in [0.15, 0.2) is 11.9 Å². The van der Waals surface area contributed by atoms with Crippen molar-refractivity contribution in [2.45, 2.75) is 49.3 Å². The first kappa shape index (κ1) is 17.5. The van der Waals surface area contributed by atoms with Crippen molar-refractivity contribution in [3.05, 3.63) is 0 Å². The third kappa shape index (κ3) is 3.39. The zero-order valence-corrected chi connectivity index (χ0v) is 15.0. The lowest BCUT2D eigenvalue weighted by molar-refractivity contribution is -0.905. The van der Waals surface area contributed by atoms with E-state index in [-0.39, 0.29) is 23.2 Å². The molecule has 3 rings (SSSR count). The summed E-state index contributed by atoms with van der Waals surface area (Å²) < 4.78 is 4.82. The fourth-order valence-electron chi connectivity index (χ4n) is 3.91. The molecule has 3 amide bonds. The molecule has 0 aromatic carbocycles. The number of urea groups is 1. The molecule has 2 heterocycles. The average molecular weight is 356 g/mol.